The van der Waals surface area contributed by atoms with E-state index in [0.717, 1.165) is 36.0 Å². The van der Waals surface area contributed by atoms with Crippen LogP contribution in [0.1, 0.15) is 42.2 Å². The van der Waals surface area contributed by atoms with Crippen LogP contribution >= 0.6 is 0 Å². The van der Waals surface area contributed by atoms with E-state index < -0.39 is 0 Å². The van der Waals surface area contributed by atoms with Gasteiger partial charge in [-0.05, 0) is 32.3 Å². The first kappa shape index (κ1) is 18.3. The minimum Gasteiger partial charge on any atom is -0.352 e. The molecule has 1 amide bonds. The Kier molecular flexibility index (Phi) is 5.19. The number of piperidine rings is 1. The van der Waals surface area contributed by atoms with Crippen molar-refractivity contribution in [1.82, 2.24) is 15.5 Å². The highest BCUT2D eigenvalue weighted by atomic mass is 19.1. The van der Waals surface area contributed by atoms with Gasteiger partial charge in [0.05, 0.1) is 0 Å². The summed E-state index contributed by atoms with van der Waals surface area (Å²) < 4.78 is 13.8. The molecule has 0 aliphatic carbocycles. The number of benzene rings is 2. The van der Waals surface area contributed by atoms with Gasteiger partial charge < -0.3 is 10.2 Å². The monoisotopic (exact) mass is 378 g/mol. The van der Waals surface area contributed by atoms with Gasteiger partial charge in [0.15, 0.2) is 11.5 Å². The van der Waals surface area contributed by atoms with Crippen molar-refractivity contribution in [2.24, 2.45) is 0 Å². The molecule has 1 atom stereocenters. The zero-order chi connectivity index (χ0) is 19.5. The average Bonchev–Trinajstić information content (AvgIpc) is 2.73. The molecule has 0 bridgehead atoms. The summed E-state index contributed by atoms with van der Waals surface area (Å²) >= 11 is 0. The molecule has 0 radical (unpaired) electrons. The molecule has 1 aliphatic rings. The number of nitrogens with one attached hydrogen (secondary N) is 1. The highest BCUT2D eigenvalue weighted by Crippen LogP contribution is 2.30. The lowest BCUT2D eigenvalue weighted by atomic mass is 10.0. The first-order valence-electron chi connectivity index (χ1n) is 9.69. The summed E-state index contributed by atoms with van der Waals surface area (Å²) in [5.74, 6) is 0.131. The number of aromatic nitrogens is 2. The van der Waals surface area contributed by atoms with E-state index in [1.54, 1.807) is 18.2 Å². The number of hydrogen-bond donors (Lipinski definition) is 1. The van der Waals surface area contributed by atoms with Crippen LogP contribution in [-0.4, -0.2) is 28.7 Å². The molecule has 0 saturated carbocycles. The van der Waals surface area contributed by atoms with Crippen molar-refractivity contribution >= 4 is 22.5 Å². The van der Waals surface area contributed by atoms with E-state index in [4.69, 9.17) is 0 Å². The molecular weight excluding hydrogens is 355 g/mol. The second-order valence-electron chi connectivity index (χ2n) is 7.23. The minimum atomic E-state index is -0.356. The lowest BCUT2D eigenvalue weighted by Crippen LogP contribution is -2.38. The number of carbonyl (C=O) groups excluding carboxylic acids is 1. The maximum Gasteiger partial charge on any atom is 0.272 e. The van der Waals surface area contributed by atoms with Gasteiger partial charge in [-0.2, -0.15) is 0 Å². The van der Waals surface area contributed by atoms with Crippen LogP contribution in [0.3, 0.4) is 0 Å². The Labute approximate surface area is 163 Å². The van der Waals surface area contributed by atoms with Gasteiger partial charge in [0.2, 0.25) is 0 Å². The molecule has 1 aliphatic heterocycles. The maximum atomic E-state index is 13.8. The van der Waals surface area contributed by atoms with E-state index in [0.29, 0.717) is 11.6 Å². The lowest BCUT2D eigenvalue weighted by Gasteiger charge is -2.34. The van der Waals surface area contributed by atoms with Gasteiger partial charge >= 0.3 is 0 Å². The summed E-state index contributed by atoms with van der Waals surface area (Å²) in [6, 6.07) is 14.5. The van der Waals surface area contributed by atoms with Crippen LogP contribution in [0, 0.1) is 5.82 Å². The lowest BCUT2D eigenvalue weighted by molar-refractivity contribution is 0.0946. The largest absolute Gasteiger partial charge is 0.352 e. The van der Waals surface area contributed by atoms with Gasteiger partial charge in [-0.3, -0.25) is 4.79 Å². The molecule has 1 fully saturated rings. The number of hydrogen-bond acceptors (Lipinski definition) is 4. The molecule has 1 unspecified atom stereocenters. The van der Waals surface area contributed by atoms with Crippen LogP contribution in [0.4, 0.5) is 10.2 Å². The summed E-state index contributed by atoms with van der Waals surface area (Å²) in [5.41, 5.74) is 0.701. The molecule has 6 heteroatoms. The molecule has 3 aromatic rings. The Morgan fingerprint density at radius 2 is 1.86 bits per heavy atom. The standard InChI is InChI=1S/C22H23FN4O/c1-15-8-6-7-13-27(15)21-18-11-4-3-10-17(18)20(25-26-21)22(28)24-14-16-9-2-5-12-19(16)23/h2-5,9-12,15H,6-8,13-14H2,1H3,(H,24,28). The fourth-order valence-electron chi connectivity index (χ4n) is 3.78. The van der Waals surface area contributed by atoms with Crippen molar-refractivity contribution in [1.29, 1.82) is 0 Å². The van der Waals surface area contributed by atoms with E-state index in [9.17, 15) is 9.18 Å². The number of rotatable bonds is 4. The Morgan fingerprint density at radius 1 is 1.11 bits per heavy atom. The van der Waals surface area contributed by atoms with Crippen molar-refractivity contribution in [3.05, 3.63) is 65.6 Å². The second kappa shape index (κ2) is 7.92. The first-order chi connectivity index (χ1) is 13.6. The molecule has 2 heterocycles. The highest BCUT2D eigenvalue weighted by molar-refractivity contribution is 6.07. The first-order valence-corrected chi connectivity index (χ1v) is 9.69. The number of nitrogens with zero attached hydrogens (tertiary/aromatic N) is 3. The molecule has 1 saturated heterocycles. The SMILES string of the molecule is CC1CCCCN1c1nnc(C(=O)NCc2ccccc2F)c2ccccc12. The summed E-state index contributed by atoms with van der Waals surface area (Å²) in [7, 11) is 0. The van der Waals surface area contributed by atoms with Crippen LogP contribution in [-0.2, 0) is 6.54 Å². The van der Waals surface area contributed by atoms with Gasteiger partial charge in [0.25, 0.3) is 5.91 Å². The predicted molar refractivity (Wildman–Crippen MR) is 108 cm³/mol. The average molecular weight is 378 g/mol. The summed E-state index contributed by atoms with van der Waals surface area (Å²) in [6.07, 6.45) is 3.48. The van der Waals surface area contributed by atoms with E-state index in [1.165, 1.54) is 12.5 Å². The Balaban J connectivity index is 1.64. The normalized spacial score (nSPS) is 16.9. The van der Waals surface area contributed by atoms with Crippen molar-refractivity contribution in [2.75, 3.05) is 11.4 Å². The van der Waals surface area contributed by atoms with E-state index >= 15 is 0 Å². The topological polar surface area (TPSA) is 58.1 Å². The number of anilines is 1. The molecule has 144 valence electrons. The smallest absolute Gasteiger partial charge is 0.272 e. The second-order valence-corrected chi connectivity index (χ2v) is 7.23. The number of fused-ring (bicyclic) bond motifs is 1. The number of halogens is 1. The number of amides is 1. The maximum absolute atomic E-state index is 13.8. The molecule has 0 spiro atoms. The van der Waals surface area contributed by atoms with Gasteiger partial charge in [-0.25, -0.2) is 4.39 Å². The minimum absolute atomic E-state index is 0.104. The Bertz CT molecular complexity index is 1010. The van der Waals surface area contributed by atoms with Crippen molar-refractivity contribution in [3.8, 4) is 0 Å². The molecule has 1 aromatic heterocycles. The quantitative estimate of drug-likeness (QED) is 0.743. The van der Waals surface area contributed by atoms with Crippen molar-refractivity contribution in [2.45, 2.75) is 38.8 Å². The molecule has 28 heavy (non-hydrogen) atoms. The summed E-state index contributed by atoms with van der Waals surface area (Å²) in [5, 5.41) is 13.1. The van der Waals surface area contributed by atoms with Gasteiger partial charge in [-0.15, -0.1) is 10.2 Å². The Morgan fingerprint density at radius 3 is 2.64 bits per heavy atom. The van der Waals surface area contributed by atoms with Crippen LogP contribution in [0.5, 0.6) is 0 Å². The predicted octanol–water partition coefficient (Wildman–Crippen LogP) is 4.08. The van der Waals surface area contributed by atoms with Crippen molar-refractivity contribution in [3.63, 3.8) is 0 Å². The third-order valence-electron chi connectivity index (χ3n) is 5.36. The van der Waals surface area contributed by atoms with Gasteiger partial charge in [0, 0.05) is 35.5 Å². The zero-order valence-corrected chi connectivity index (χ0v) is 15.9. The van der Waals surface area contributed by atoms with Crippen molar-refractivity contribution < 1.29 is 9.18 Å². The van der Waals surface area contributed by atoms with Crippen LogP contribution in [0.25, 0.3) is 10.8 Å². The number of carbonyl (C=O) groups is 1. The fourth-order valence-corrected chi connectivity index (χ4v) is 3.78. The molecule has 1 N–H and O–H groups in total. The molecule has 2 aromatic carbocycles. The van der Waals surface area contributed by atoms with Crippen LogP contribution in [0.15, 0.2) is 48.5 Å². The Hall–Kier alpha value is -3.02. The molecule has 5 nitrogen and oxygen atoms in total. The zero-order valence-electron chi connectivity index (χ0n) is 15.9. The third kappa shape index (κ3) is 3.54. The van der Waals surface area contributed by atoms with Gasteiger partial charge in [-0.1, -0.05) is 42.5 Å². The summed E-state index contributed by atoms with van der Waals surface area (Å²) in [4.78, 5) is 15.0. The third-order valence-corrected chi connectivity index (χ3v) is 5.36. The highest BCUT2D eigenvalue weighted by Gasteiger charge is 2.24. The van der Waals surface area contributed by atoms with E-state index in [2.05, 4.69) is 27.3 Å². The molecule has 4 rings (SSSR count). The van der Waals surface area contributed by atoms with E-state index in [-0.39, 0.29) is 24.0 Å². The fraction of sp³-hybridized carbons (Fsp3) is 0.318. The molecular formula is C22H23FN4O. The van der Waals surface area contributed by atoms with Gasteiger partial charge in [0.1, 0.15) is 5.82 Å². The van der Waals surface area contributed by atoms with Crippen LogP contribution < -0.4 is 10.2 Å². The summed E-state index contributed by atoms with van der Waals surface area (Å²) in [6.45, 7) is 3.25. The van der Waals surface area contributed by atoms with Crippen LogP contribution in [0.2, 0.25) is 0 Å². The van der Waals surface area contributed by atoms with E-state index in [1.807, 2.05) is 24.3 Å².